The quantitative estimate of drug-likeness (QED) is 0.804. The number of hydrogen-bond acceptors (Lipinski definition) is 3. The van der Waals surface area contributed by atoms with Crippen molar-refractivity contribution < 1.29 is 13.6 Å². The van der Waals surface area contributed by atoms with Gasteiger partial charge in [0, 0.05) is 23.6 Å². The van der Waals surface area contributed by atoms with Gasteiger partial charge in [-0.05, 0) is 37.1 Å². The summed E-state index contributed by atoms with van der Waals surface area (Å²) in [5.74, 6) is -1.70. The highest BCUT2D eigenvalue weighted by atomic mass is 79.9. The summed E-state index contributed by atoms with van der Waals surface area (Å²) < 4.78 is 28.4. The maximum absolute atomic E-state index is 14.1. The first-order valence-electron chi connectivity index (χ1n) is 8.00. The van der Waals surface area contributed by atoms with Crippen LogP contribution in [0.2, 0.25) is 0 Å². The number of anilines is 2. The summed E-state index contributed by atoms with van der Waals surface area (Å²) >= 11 is 3.25. The van der Waals surface area contributed by atoms with E-state index in [4.69, 9.17) is 5.73 Å². The number of primary amides is 1. The average molecular weight is 410 g/mol. The van der Waals surface area contributed by atoms with E-state index >= 15 is 0 Å². The molecule has 1 saturated heterocycles. The first-order valence-corrected chi connectivity index (χ1v) is 8.80. The fraction of sp³-hybridized carbons (Fsp3) is 0.278. The molecule has 0 bridgehead atoms. The number of benzene rings is 2. The smallest absolute Gasteiger partial charge is 0.253 e. The molecule has 3 N–H and O–H groups in total. The largest absolute Gasteiger partial charge is 0.380 e. The van der Waals surface area contributed by atoms with Crippen LogP contribution in [0.15, 0.2) is 40.9 Å². The topological polar surface area (TPSA) is 58.4 Å². The maximum Gasteiger partial charge on any atom is 0.253 e. The molecule has 1 aliphatic rings. The number of para-hydroxylation sites is 1. The van der Waals surface area contributed by atoms with Crippen molar-refractivity contribution in [2.75, 3.05) is 23.3 Å². The Morgan fingerprint density at radius 2 is 1.84 bits per heavy atom. The Morgan fingerprint density at radius 1 is 1.16 bits per heavy atom. The standard InChI is InChI=1S/C18H18BrF2N3O/c19-11-9-14(21)17(18(22)25)16(10-11)24-7-5-12(6-8-24)23-15-4-2-1-3-13(15)20/h1-4,9-10,12,23H,5-8H2,(H2,22,25). The highest BCUT2D eigenvalue weighted by molar-refractivity contribution is 9.10. The Bertz CT molecular complexity index is 792. The normalized spacial score (nSPS) is 15.2. The van der Waals surface area contributed by atoms with E-state index < -0.39 is 11.7 Å². The van der Waals surface area contributed by atoms with Gasteiger partial charge >= 0.3 is 0 Å². The van der Waals surface area contributed by atoms with Crippen molar-refractivity contribution in [1.82, 2.24) is 0 Å². The molecule has 25 heavy (non-hydrogen) atoms. The van der Waals surface area contributed by atoms with E-state index in [9.17, 15) is 13.6 Å². The molecule has 4 nitrogen and oxygen atoms in total. The van der Waals surface area contributed by atoms with Gasteiger partial charge in [-0.3, -0.25) is 4.79 Å². The van der Waals surface area contributed by atoms with Gasteiger partial charge in [0.25, 0.3) is 5.91 Å². The van der Waals surface area contributed by atoms with Gasteiger partial charge in [0.1, 0.15) is 11.6 Å². The minimum absolute atomic E-state index is 0.0938. The average Bonchev–Trinajstić information content (AvgIpc) is 2.56. The predicted molar refractivity (Wildman–Crippen MR) is 97.9 cm³/mol. The summed E-state index contributed by atoms with van der Waals surface area (Å²) in [6.07, 6.45) is 1.47. The third kappa shape index (κ3) is 3.92. The molecular weight excluding hydrogens is 392 g/mol. The van der Waals surface area contributed by atoms with Gasteiger partial charge in [0.2, 0.25) is 0 Å². The van der Waals surface area contributed by atoms with E-state index in [1.807, 2.05) is 4.90 Å². The van der Waals surface area contributed by atoms with Crippen LogP contribution in [-0.4, -0.2) is 25.0 Å². The van der Waals surface area contributed by atoms with Gasteiger partial charge in [0.05, 0.1) is 16.9 Å². The molecule has 1 heterocycles. The molecule has 0 saturated carbocycles. The van der Waals surface area contributed by atoms with Crippen LogP contribution < -0.4 is 16.0 Å². The lowest BCUT2D eigenvalue weighted by atomic mass is 10.0. The molecular formula is C18H18BrF2N3O. The highest BCUT2D eigenvalue weighted by Gasteiger charge is 2.25. The Morgan fingerprint density at radius 3 is 2.48 bits per heavy atom. The molecule has 0 aliphatic carbocycles. The molecule has 0 radical (unpaired) electrons. The number of hydrogen-bond donors (Lipinski definition) is 2. The molecule has 132 valence electrons. The maximum atomic E-state index is 14.1. The number of nitrogens with two attached hydrogens (primary N) is 1. The molecule has 0 spiro atoms. The lowest BCUT2D eigenvalue weighted by molar-refractivity contribution is 0.0997. The van der Waals surface area contributed by atoms with E-state index in [1.165, 1.54) is 12.1 Å². The van der Waals surface area contributed by atoms with Crippen molar-refractivity contribution in [1.29, 1.82) is 0 Å². The first-order chi connectivity index (χ1) is 12.0. The highest BCUT2D eigenvalue weighted by Crippen LogP contribution is 2.30. The Labute approximate surface area is 153 Å². The molecule has 0 unspecified atom stereocenters. The van der Waals surface area contributed by atoms with Crippen LogP contribution in [0.3, 0.4) is 0 Å². The number of carbonyl (C=O) groups excluding carboxylic acids is 1. The van der Waals surface area contributed by atoms with Gasteiger partial charge in [0.15, 0.2) is 0 Å². The Hall–Kier alpha value is -2.15. The van der Waals surface area contributed by atoms with Crippen molar-refractivity contribution in [3.05, 3.63) is 58.1 Å². The molecule has 7 heteroatoms. The zero-order valence-electron chi connectivity index (χ0n) is 13.4. The molecule has 2 aromatic rings. The molecule has 1 aliphatic heterocycles. The van der Waals surface area contributed by atoms with Crippen LogP contribution in [0.1, 0.15) is 23.2 Å². The van der Waals surface area contributed by atoms with Crippen molar-refractivity contribution in [3.63, 3.8) is 0 Å². The number of rotatable bonds is 4. The minimum atomic E-state index is -0.786. The zero-order valence-corrected chi connectivity index (χ0v) is 15.0. The first kappa shape index (κ1) is 17.7. The summed E-state index contributed by atoms with van der Waals surface area (Å²) in [6, 6.07) is 9.60. The predicted octanol–water partition coefficient (Wildman–Crippen LogP) is 3.91. The van der Waals surface area contributed by atoms with Gasteiger partial charge in [-0.2, -0.15) is 0 Å². The Kier molecular flexibility index (Phi) is 5.22. The van der Waals surface area contributed by atoms with Crippen LogP contribution in [0, 0.1) is 11.6 Å². The van der Waals surface area contributed by atoms with Crippen LogP contribution in [-0.2, 0) is 0 Å². The summed E-state index contributed by atoms with van der Waals surface area (Å²) in [5, 5.41) is 3.20. The Balaban J connectivity index is 1.73. The lowest BCUT2D eigenvalue weighted by Gasteiger charge is -2.35. The van der Waals surface area contributed by atoms with Gasteiger partial charge in [-0.1, -0.05) is 28.1 Å². The fourth-order valence-corrected chi connectivity index (χ4v) is 3.53. The second kappa shape index (κ2) is 7.39. The molecule has 0 atom stereocenters. The third-order valence-corrected chi connectivity index (χ3v) is 4.81. The van der Waals surface area contributed by atoms with Gasteiger partial charge in [-0.25, -0.2) is 8.78 Å². The third-order valence-electron chi connectivity index (χ3n) is 4.35. The van der Waals surface area contributed by atoms with Crippen molar-refractivity contribution in [2.24, 2.45) is 5.73 Å². The minimum Gasteiger partial charge on any atom is -0.380 e. The van der Waals surface area contributed by atoms with Crippen LogP contribution in [0.5, 0.6) is 0 Å². The van der Waals surface area contributed by atoms with Crippen LogP contribution in [0.25, 0.3) is 0 Å². The van der Waals surface area contributed by atoms with E-state index in [-0.39, 0.29) is 17.4 Å². The van der Waals surface area contributed by atoms with Gasteiger partial charge < -0.3 is 16.0 Å². The van der Waals surface area contributed by atoms with E-state index in [1.54, 1.807) is 24.3 Å². The number of nitrogens with zero attached hydrogens (tertiary/aromatic N) is 1. The van der Waals surface area contributed by atoms with Crippen molar-refractivity contribution in [2.45, 2.75) is 18.9 Å². The zero-order chi connectivity index (χ0) is 18.0. The molecule has 2 aromatic carbocycles. The number of halogens is 3. The van der Waals surface area contributed by atoms with Crippen molar-refractivity contribution in [3.8, 4) is 0 Å². The summed E-state index contributed by atoms with van der Waals surface area (Å²) in [7, 11) is 0. The fourth-order valence-electron chi connectivity index (χ4n) is 3.12. The van der Waals surface area contributed by atoms with E-state index in [0.717, 1.165) is 12.8 Å². The second-order valence-electron chi connectivity index (χ2n) is 6.03. The van der Waals surface area contributed by atoms with E-state index in [2.05, 4.69) is 21.2 Å². The van der Waals surface area contributed by atoms with Crippen LogP contribution >= 0.6 is 15.9 Å². The number of carbonyl (C=O) groups is 1. The summed E-state index contributed by atoms with van der Waals surface area (Å²) in [6.45, 7) is 1.23. The van der Waals surface area contributed by atoms with Gasteiger partial charge in [-0.15, -0.1) is 0 Å². The number of amides is 1. The molecule has 1 amide bonds. The number of nitrogens with one attached hydrogen (secondary N) is 1. The second-order valence-corrected chi connectivity index (χ2v) is 6.95. The van der Waals surface area contributed by atoms with E-state index in [0.29, 0.717) is 28.9 Å². The molecule has 0 aromatic heterocycles. The summed E-state index contributed by atoms with van der Waals surface area (Å²) in [5.41, 5.74) is 6.22. The lowest BCUT2D eigenvalue weighted by Crippen LogP contribution is -2.40. The van der Waals surface area contributed by atoms with Crippen molar-refractivity contribution >= 4 is 33.2 Å². The monoisotopic (exact) mass is 409 g/mol. The SMILES string of the molecule is NC(=O)c1c(F)cc(Br)cc1N1CCC(Nc2ccccc2F)CC1. The molecule has 1 fully saturated rings. The number of piperidine rings is 1. The summed E-state index contributed by atoms with van der Waals surface area (Å²) in [4.78, 5) is 13.6. The molecule has 3 rings (SSSR count). The van der Waals surface area contributed by atoms with Crippen LogP contribution in [0.4, 0.5) is 20.2 Å².